The highest BCUT2D eigenvalue weighted by molar-refractivity contribution is 6.03. The van der Waals surface area contributed by atoms with E-state index in [0.717, 1.165) is 0 Å². The molecular weight excluding hydrogens is 232 g/mol. The van der Waals surface area contributed by atoms with E-state index in [1.165, 1.54) is 18.3 Å². The largest absolute Gasteiger partial charge is 0.506 e. The van der Waals surface area contributed by atoms with Gasteiger partial charge in [-0.15, -0.1) is 0 Å². The smallest absolute Gasteiger partial charge is 0.274 e. The molecule has 1 aromatic carbocycles. The molecule has 2 rings (SSSR count). The minimum atomic E-state index is -0.405. The number of anilines is 1. The molecule has 5 heteroatoms. The number of rotatable bonds is 3. The van der Waals surface area contributed by atoms with E-state index in [-0.39, 0.29) is 11.4 Å². The van der Waals surface area contributed by atoms with Crippen molar-refractivity contribution in [3.63, 3.8) is 0 Å². The SMILES string of the molecule is O=Cc1cccc(NC(=O)c2ccc(O)cn2)c1. The molecule has 0 aliphatic heterocycles. The van der Waals surface area contributed by atoms with E-state index in [1.54, 1.807) is 24.3 Å². The van der Waals surface area contributed by atoms with Gasteiger partial charge in [0.15, 0.2) is 0 Å². The third-order valence-corrected chi connectivity index (χ3v) is 2.26. The number of amides is 1. The van der Waals surface area contributed by atoms with Gasteiger partial charge in [0.05, 0.1) is 6.20 Å². The number of carbonyl (C=O) groups is 2. The minimum Gasteiger partial charge on any atom is -0.506 e. The highest BCUT2D eigenvalue weighted by Gasteiger charge is 2.07. The lowest BCUT2D eigenvalue weighted by Gasteiger charge is -2.04. The normalized spacial score (nSPS) is 9.78. The van der Waals surface area contributed by atoms with E-state index >= 15 is 0 Å². The summed E-state index contributed by atoms with van der Waals surface area (Å²) < 4.78 is 0. The van der Waals surface area contributed by atoms with E-state index in [9.17, 15) is 9.59 Å². The van der Waals surface area contributed by atoms with Crippen LogP contribution in [0.2, 0.25) is 0 Å². The second-order valence-electron chi connectivity index (χ2n) is 3.60. The van der Waals surface area contributed by atoms with Gasteiger partial charge in [0.1, 0.15) is 17.7 Å². The van der Waals surface area contributed by atoms with Crippen molar-refractivity contribution in [1.82, 2.24) is 4.98 Å². The van der Waals surface area contributed by atoms with Crippen molar-refractivity contribution in [1.29, 1.82) is 0 Å². The predicted octanol–water partition coefficient (Wildman–Crippen LogP) is 1.85. The van der Waals surface area contributed by atoms with Crippen LogP contribution < -0.4 is 5.32 Å². The van der Waals surface area contributed by atoms with Crippen molar-refractivity contribution in [2.24, 2.45) is 0 Å². The molecule has 2 aromatic rings. The molecule has 1 heterocycles. The summed E-state index contributed by atoms with van der Waals surface area (Å²) in [4.78, 5) is 26.2. The maximum atomic E-state index is 11.8. The van der Waals surface area contributed by atoms with Crippen LogP contribution in [-0.4, -0.2) is 22.3 Å². The number of hydrogen-bond donors (Lipinski definition) is 2. The maximum absolute atomic E-state index is 11.8. The van der Waals surface area contributed by atoms with Gasteiger partial charge in [-0.05, 0) is 24.3 Å². The molecule has 0 saturated carbocycles. The van der Waals surface area contributed by atoms with Gasteiger partial charge in [0.2, 0.25) is 0 Å². The van der Waals surface area contributed by atoms with Crippen LogP contribution in [0.15, 0.2) is 42.6 Å². The number of carbonyl (C=O) groups excluding carboxylic acids is 2. The van der Waals surface area contributed by atoms with Gasteiger partial charge in [0.25, 0.3) is 5.91 Å². The van der Waals surface area contributed by atoms with Gasteiger partial charge in [-0.3, -0.25) is 9.59 Å². The van der Waals surface area contributed by atoms with Crippen LogP contribution in [0.5, 0.6) is 5.75 Å². The fourth-order valence-electron chi connectivity index (χ4n) is 1.41. The van der Waals surface area contributed by atoms with Crippen LogP contribution in [0.1, 0.15) is 20.8 Å². The van der Waals surface area contributed by atoms with E-state index in [2.05, 4.69) is 10.3 Å². The van der Waals surface area contributed by atoms with Gasteiger partial charge in [-0.2, -0.15) is 0 Å². The Balaban J connectivity index is 2.15. The van der Waals surface area contributed by atoms with Crippen LogP contribution >= 0.6 is 0 Å². The number of aldehydes is 1. The molecule has 0 bridgehead atoms. The molecule has 0 fully saturated rings. The summed E-state index contributed by atoms with van der Waals surface area (Å²) in [6.45, 7) is 0. The number of nitrogens with zero attached hydrogens (tertiary/aromatic N) is 1. The molecule has 0 aliphatic rings. The first-order valence-corrected chi connectivity index (χ1v) is 5.20. The Labute approximate surface area is 103 Å². The Bertz CT molecular complexity index is 579. The lowest BCUT2D eigenvalue weighted by molar-refractivity contribution is 0.102. The summed E-state index contributed by atoms with van der Waals surface area (Å²) in [6.07, 6.45) is 1.89. The van der Waals surface area contributed by atoms with Crippen LogP contribution in [0.3, 0.4) is 0 Å². The summed E-state index contributed by atoms with van der Waals surface area (Å²) in [5.74, 6) is -0.410. The first kappa shape index (κ1) is 11.8. The summed E-state index contributed by atoms with van der Waals surface area (Å²) in [5, 5.41) is 11.7. The van der Waals surface area contributed by atoms with Gasteiger partial charge in [-0.25, -0.2) is 4.98 Å². The maximum Gasteiger partial charge on any atom is 0.274 e. The third-order valence-electron chi connectivity index (χ3n) is 2.26. The molecule has 2 N–H and O–H groups in total. The lowest BCUT2D eigenvalue weighted by atomic mass is 10.2. The van der Waals surface area contributed by atoms with Crippen molar-refractivity contribution in [3.8, 4) is 5.75 Å². The van der Waals surface area contributed by atoms with Crippen molar-refractivity contribution in [3.05, 3.63) is 53.9 Å². The first-order chi connectivity index (χ1) is 8.69. The van der Waals surface area contributed by atoms with Crippen molar-refractivity contribution in [2.45, 2.75) is 0 Å². The molecular formula is C13H10N2O3. The van der Waals surface area contributed by atoms with Gasteiger partial charge in [-0.1, -0.05) is 12.1 Å². The van der Waals surface area contributed by atoms with Gasteiger partial charge < -0.3 is 10.4 Å². The number of benzene rings is 1. The molecule has 5 nitrogen and oxygen atoms in total. The molecule has 0 spiro atoms. The molecule has 1 amide bonds. The summed E-state index contributed by atoms with van der Waals surface area (Å²) in [7, 11) is 0. The Kier molecular flexibility index (Phi) is 3.33. The number of pyridine rings is 1. The van der Waals surface area contributed by atoms with Gasteiger partial charge in [0, 0.05) is 11.3 Å². The summed E-state index contributed by atoms with van der Waals surface area (Å²) >= 11 is 0. The number of aromatic nitrogens is 1. The Morgan fingerprint density at radius 3 is 2.78 bits per heavy atom. The van der Waals surface area contributed by atoms with Crippen molar-refractivity contribution < 1.29 is 14.7 Å². The van der Waals surface area contributed by atoms with E-state index in [1.807, 2.05) is 0 Å². The van der Waals surface area contributed by atoms with Gasteiger partial charge >= 0.3 is 0 Å². The predicted molar refractivity (Wildman–Crippen MR) is 65.7 cm³/mol. The third kappa shape index (κ3) is 2.70. The second-order valence-corrected chi connectivity index (χ2v) is 3.60. The van der Waals surface area contributed by atoms with Crippen LogP contribution in [0.25, 0.3) is 0 Å². The topological polar surface area (TPSA) is 79.3 Å². The number of hydrogen-bond acceptors (Lipinski definition) is 4. The zero-order chi connectivity index (χ0) is 13.0. The fourth-order valence-corrected chi connectivity index (χ4v) is 1.41. The Hall–Kier alpha value is -2.69. The quantitative estimate of drug-likeness (QED) is 0.805. The standard InChI is InChI=1S/C13H10N2O3/c16-8-9-2-1-3-10(6-9)15-13(18)12-5-4-11(17)7-14-12/h1-8,17H,(H,15,18). The lowest BCUT2D eigenvalue weighted by Crippen LogP contribution is -2.13. The summed E-state index contributed by atoms with van der Waals surface area (Å²) in [5.41, 5.74) is 1.18. The molecule has 90 valence electrons. The zero-order valence-electron chi connectivity index (χ0n) is 9.33. The Morgan fingerprint density at radius 2 is 2.11 bits per heavy atom. The minimum absolute atomic E-state index is 0.00509. The summed E-state index contributed by atoms with van der Waals surface area (Å²) in [6, 6.07) is 9.33. The Morgan fingerprint density at radius 1 is 1.28 bits per heavy atom. The monoisotopic (exact) mass is 242 g/mol. The molecule has 0 aliphatic carbocycles. The molecule has 1 aromatic heterocycles. The number of aromatic hydroxyl groups is 1. The average Bonchev–Trinajstić information content (AvgIpc) is 2.39. The number of nitrogens with one attached hydrogen (secondary N) is 1. The van der Waals surface area contributed by atoms with Crippen LogP contribution in [0, 0.1) is 0 Å². The molecule has 0 unspecified atom stereocenters. The van der Waals surface area contributed by atoms with E-state index < -0.39 is 5.91 Å². The fraction of sp³-hybridized carbons (Fsp3) is 0. The second kappa shape index (κ2) is 5.09. The van der Waals surface area contributed by atoms with E-state index in [4.69, 9.17) is 5.11 Å². The first-order valence-electron chi connectivity index (χ1n) is 5.20. The highest BCUT2D eigenvalue weighted by atomic mass is 16.3. The van der Waals surface area contributed by atoms with Crippen LogP contribution in [-0.2, 0) is 0 Å². The van der Waals surface area contributed by atoms with E-state index in [0.29, 0.717) is 17.5 Å². The zero-order valence-corrected chi connectivity index (χ0v) is 9.33. The average molecular weight is 242 g/mol. The van der Waals surface area contributed by atoms with Crippen molar-refractivity contribution in [2.75, 3.05) is 5.32 Å². The highest BCUT2D eigenvalue weighted by Crippen LogP contribution is 2.11. The van der Waals surface area contributed by atoms with Crippen molar-refractivity contribution >= 4 is 17.9 Å². The molecule has 18 heavy (non-hydrogen) atoms. The molecule has 0 saturated heterocycles. The molecule has 0 atom stereocenters. The van der Waals surface area contributed by atoms with Crippen LogP contribution in [0.4, 0.5) is 5.69 Å². The molecule has 0 radical (unpaired) electrons.